The van der Waals surface area contributed by atoms with Gasteiger partial charge in [-0.25, -0.2) is 0 Å². The lowest BCUT2D eigenvalue weighted by Gasteiger charge is -2.00. The summed E-state index contributed by atoms with van der Waals surface area (Å²) in [6.45, 7) is 1.66. The zero-order chi connectivity index (χ0) is 9.64. The van der Waals surface area contributed by atoms with Gasteiger partial charge in [-0.15, -0.1) is 0 Å². The summed E-state index contributed by atoms with van der Waals surface area (Å²) in [5.74, 6) is 0. The first-order chi connectivity index (χ1) is 6.95. The summed E-state index contributed by atoms with van der Waals surface area (Å²) in [6, 6.07) is 10.3. The average molecular weight is 189 g/mol. The van der Waals surface area contributed by atoms with Gasteiger partial charge in [-0.3, -0.25) is 4.99 Å². The van der Waals surface area contributed by atoms with E-state index in [4.69, 9.17) is 4.74 Å². The van der Waals surface area contributed by atoms with Crippen molar-refractivity contribution in [3.8, 4) is 0 Å². The van der Waals surface area contributed by atoms with E-state index in [0.717, 1.165) is 19.6 Å². The second-order valence-corrected chi connectivity index (χ2v) is 3.53. The highest BCUT2D eigenvalue weighted by molar-refractivity contribution is 5.63. The van der Waals surface area contributed by atoms with Crippen molar-refractivity contribution in [2.24, 2.45) is 4.99 Å². The number of ether oxygens (including phenoxy) is 1. The van der Waals surface area contributed by atoms with Gasteiger partial charge < -0.3 is 4.74 Å². The molecular weight excluding hydrogens is 174 g/mol. The van der Waals surface area contributed by atoms with Crippen LogP contribution in [0.25, 0.3) is 0 Å². The molecule has 0 spiro atoms. The molecule has 0 radical (unpaired) electrons. The molecule has 1 heterocycles. The average Bonchev–Trinajstić information content (AvgIpc) is 2.72. The highest BCUT2D eigenvalue weighted by Gasteiger charge is 2.11. The van der Waals surface area contributed by atoms with Gasteiger partial charge in [0.25, 0.3) is 0 Å². The van der Waals surface area contributed by atoms with E-state index in [9.17, 15) is 0 Å². The number of hydrogen-bond donors (Lipinski definition) is 0. The first-order valence-electron chi connectivity index (χ1n) is 5.10. The smallest absolute Gasteiger partial charge is 0.0922 e. The Morgan fingerprint density at radius 3 is 2.93 bits per heavy atom. The molecule has 1 saturated heterocycles. The van der Waals surface area contributed by atoms with Gasteiger partial charge in [-0.1, -0.05) is 30.3 Å². The lowest BCUT2D eigenvalue weighted by Crippen LogP contribution is -2.05. The molecule has 1 fully saturated rings. The maximum Gasteiger partial charge on any atom is 0.0922 e. The summed E-state index contributed by atoms with van der Waals surface area (Å²) in [6.07, 6.45) is 4.50. The van der Waals surface area contributed by atoms with Crippen LogP contribution in [0.5, 0.6) is 0 Å². The van der Waals surface area contributed by atoms with Crippen molar-refractivity contribution in [2.45, 2.75) is 25.5 Å². The van der Waals surface area contributed by atoms with Crippen molar-refractivity contribution in [1.29, 1.82) is 0 Å². The molecule has 0 saturated carbocycles. The molecule has 0 N–H and O–H groups in total. The second kappa shape index (κ2) is 4.91. The molecule has 1 atom stereocenters. The quantitative estimate of drug-likeness (QED) is 0.669. The molecule has 0 amide bonds. The fourth-order valence-corrected chi connectivity index (χ4v) is 1.58. The third-order valence-electron chi connectivity index (χ3n) is 2.35. The summed E-state index contributed by atoms with van der Waals surface area (Å²) in [4.78, 5) is 4.37. The first kappa shape index (κ1) is 9.41. The Hall–Kier alpha value is -1.15. The largest absolute Gasteiger partial charge is 0.373 e. The molecule has 0 bridgehead atoms. The molecule has 1 aromatic rings. The maximum atomic E-state index is 5.44. The van der Waals surface area contributed by atoms with E-state index in [0.29, 0.717) is 0 Å². The third kappa shape index (κ3) is 2.67. The van der Waals surface area contributed by atoms with Crippen molar-refractivity contribution in [3.63, 3.8) is 0 Å². The maximum absolute atomic E-state index is 5.44. The van der Waals surface area contributed by atoms with Crippen LogP contribution in [0.2, 0.25) is 0 Å². The first-order valence-corrected chi connectivity index (χ1v) is 5.10. The summed E-state index contributed by atoms with van der Waals surface area (Å²) in [5, 5.41) is 0. The van der Waals surface area contributed by atoms with Crippen LogP contribution >= 0.6 is 0 Å². The van der Waals surface area contributed by atoms with E-state index < -0.39 is 0 Å². The molecule has 2 heteroatoms. The standard InChI is InChI=1S/C12H15NO/c1-2-5-11(6-3-1)9-13-10-12-7-4-8-14-12/h1-3,5-6,10,12H,4,7-9H2/b13-10+. The van der Waals surface area contributed by atoms with Crippen LogP contribution in [0.1, 0.15) is 18.4 Å². The van der Waals surface area contributed by atoms with Crippen LogP contribution < -0.4 is 0 Å². The van der Waals surface area contributed by atoms with Gasteiger partial charge in [-0.05, 0) is 18.4 Å². The Bertz CT molecular complexity index is 288. The van der Waals surface area contributed by atoms with Gasteiger partial charge in [0.15, 0.2) is 0 Å². The van der Waals surface area contributed by atoms with Gasteiger partial charge in [0.05, 0.1) is 12.6 Å². The summed E-state index contributed by atoms with van der Waals surface area (Å²) in [7, 11) is 0. The number of benzene rings is 1. The molecule has 1 aliphatic heterocycles. The minimum atomic E-state index is 0.263. The lowest BCUT2D eigenvalue weighted by molar-refractivity contribution is 0.161. The third-order valence-corrected chi connectivity index (χ3v) is 2.35. The Morgan fingerprint density at radius 2 is 2.21 bits per heavy atom. The van der Waals surface area contributed by atoms with E-state index in [2.05, 4.69) is 17.1 Å². The molecule has 0 aromatic heterocycles. The number of rotatable bonds is 3. The van der Waals surface area contributed by atoms with Crippen molar-refractivity contribution < 1.29 is 4.74 Å². The van der Waals surface area contributed by atoms with E-state index in [1.807, 2.05) is 24.4 Å². The lowest BCUT2D eigenvalue weighted by atomic mass is 10.2. The Labute approximate surface area is 84.6 Å². The molecule has 2 rings (SSSR count). The molecule has 1 unspecified atom stereocenters. The fourth-order valence-electron chi connectivity index (χ4n) is 1.58. The second-order valence-electron chi connectivity index (χ2n) is 3.53. The van der Waals surface area contributed by atoms with Crippen molar-refractivity contribution in [3.05, 3.63) is 35.9 Å². The topological polar surface area (TPSA) is 21.6 Å². The van der Waals surface area contributed by atoms with Crippen LogP contribution in [0.3, 0.4) is 0 Å². The summed E-state index contributed by atoms with van der Waals surface area (Å²) >= 11 is 0. The molecular formula is C12H15NO. The monoisotopic (exact) mass is 189 g/mol. The SMILES string of the molecule is C(=N\Cc1ccccc1)/C1CCCO1. The van der Waals surface area contributed by atoms with Crippen molar-refractivity contribution in [1.82, 2.24) is 0 Å². The predicted octanol–water partition coefficient (Wildman–Crippen LogP) is 2.44. The normalized spacial score (nSPS) is 21.9. The van der Waals surface area contributed by atoms with Gasteiger partial charge >= 0.3 is 0 Å². The molecule has 14 heavy (non-hydrogen) atoms. The highest BCUT2D eigenvalue weighted by atomic mass is 16.5. The highest BCUT2D eigenvalue weighted by Crippen LogP contribution is 2.10. The Balaban J connectivity index is 1.81. The molecule has 0 aliphatic carbocycles. The van der Waals surface area contributed by atoms with E-state index in [-0.39, 0.29) is 6.10 Å². The van der Waals surface area contributed by atoms with E-state index in [1.165, 1.54) is 12.0 Å². The van der Waals surface area contributed by atoms with Gasteiger partial charge in [-0.2, -0.15) is 0 Å². The predicted molar refractivity (Wildman–Crippen MR) is 57.6 cm³/mol. The zero-order valence-corrected chi connectivity index (χ0v) is 8.23. The fraction of sp³-hybridized carbons (Fsp3) is 0.417. The van der Waals surface area contributed by atoms with Gasteiger partial charge in [0.1, 0.15) is 0 Å². The van der Waals surface area contributed by atoms with Crippen LogP contribution in [0.15, 0.2) is 35.3 Å². The molecule has 1 aromatic carbocycles. The van der Waals surface area contributed by atoms with Crippen LogP contribution in [-0.4, -0.2) is 18.9 Å². The van der Waals surface area contributed by atoms with E-state index in [1.54, 1.807) is 0 Å². The van der Waals surface area contributed by atoms with Gasteiger partial charge in [0, 0.05) is 12.8 Å². The number of aliphatic imine (C=N–C) groups is 1. The molecule has 1 aliphatic rings. The summed E-state index contributed by atoms with van der Waals surface area (Å²) in [5.41, 5.74) is 1.25. The zero-order valence-electron chi connectivity index (χ0n) is 8.23. The van der Waals surface area contributed by atoms with Crippen LogP contribution in [0, 0.1) is 0 Å². The van der Waals surface area contributed by atoms with Crippen LogP contribution in [-0.2, 0) is 11.3 Å². The van der Waals surface area contributed by atoms with Gasteiger partial charge in [0.2, 0.25) is 0 Å². The minimum Gasteiger partial charge on any atom is -0.373 e. The number of hydrogen-bond acceptors (Lipinski definition) is 2. The van der Waals surface area contributed by atoms with Crippen molar-refractivity contribution >= 4 is 6.21 Å². The Kier molecular flexibility index (Phi) is 3.30. The number of nitrogens with zero attached hydrogens (tertiary/aromatic N) is 1. The van der Waals surface area contributed by atoms with Crippen molar-refractivity contribution in [2.75, 3.05) is 6.61 Å². The Morgan fingerprint density at radius 1 is 1.36 bits per heavy atom. The van der Waals surface area contributed by atoms with Crippen LogP contribution in [0.4, 0.5) is 0 Å². The minimum absolute atomic E-state index is 0.263. The van der Waals surface area contributed by atoms with E-state index >= 15 is 0 Å². The molecule has 74 valence electrons. The molecule has 2 nitrogen and oxygen atoms in total. The summed E-state index contributed by atoms with van der Waals surface area (Å²) < 4.78 is 5.44.